The van der Waals surface area contributed by atoms with Gasteiger partial charge in [0.05, 0.1) is 34.6 Å². The first-order chi connectivity index (χ1) is 16.1. The predicted octanol–water partition coefficient (Wildman–Crippen LogP) is 6.10. The van der Waals surface area contributed by atoms with Crippen LogP contribution in [0.25, 0.3) is 33.5 Å². The van der Waals surface area contributed by atoms with E-state index >= 15 is 0 Å². The minimum Gasteiger partial charge on any atom is -0.332 e. The van der Waals surface area contributed by atoms with E-state index < -0.39 is 0 Å². The summed E-state index contributed by atoms with van der Waals surface area (Å²) in [4.78, 5) is 20.9. The van der Waals surface area contributed by atoms with Gasteiger partial charge in [0.2, 0.25) is 5.91 Å². The zero-order chi connectivity index (χ0) is 22.8. The highest BCUT2D eigenvalue weighted by Crippen LogP contribution is 2.33. The molecule has 5 rings (SSSR count). The zero-order valence-corrected chi connectivity index (χ0v) is 19.8. The Balaban J connectivity index is 1.38. The Bertz CT molecular complexity index is 1360. The van der Waals surface area contributed by atoms with Crippen molar-refractivity contribution in [2.24, 2.45) is 0 Å². The van der Waals surface area contributed by atoms with E-state index in [1.807, 2.05) is 18.2 Å². The second-order valence-corrected chi connectivity index (χ2v) is 9.26. The number of H-pyrrole nitrogens is 1. The second kappa shape index (κ2) is 9.17. The smallest absolute Gasteiger partial charge is 0.234 e. The van der Waals surface area contributed by atoms with Crippen molar-refractivity contribution in [1.29, 1.82) is 0 Å². The van der Waals surface area contributed by atoms with E-state index in [-0.39, 0.29) is 11.7 Å². The van der Waals surface area contributed by atoms with Crippen LogP contribution in [0.3, 0.4) is 0 Å². The topological polar surface area (TPSA) is 83.6 Å². The molecule has 0 spiro atoms. The highest BCUT2D eigenvalue weighted by molar-refractivity contribution is 7.99. The molecule has 0 aliphatic heterocycles. The van der Waals surface area contributed by atoms with Gasteiger partial charge in [-0.1, -0.05) is 77.5 Å². The number of carbonyl (C=O) groups excluding carboxylic acids is 1. The van der Waals surface area contributed by atoms with Crippen molar-refractivity contribution in [3.8, 4) is 22.5 Å². The average molecular weight is 472 g/mol. The maximum absolute atomic E-state index is 12.6. The number of nitrogens with zero attached hydrogens (tertiary/aromatic N) is 3. The number of anilines is 1. The molecular weight excluding hydrogens is 450 g/mol. The van der Waals surface area contributed by atoms with Crippen molar-refractivity contribution < 1.29 is 4.79 Å². The van der Waals surface area contributed by atoms with Crippen molar-refractivity contribution in [1.82, 2.24) is 18.7 Å². The lowest BCUT2D eigenvalue weighted by Gasteiger charge is -2.04. The van der Waals surface area contributed by atoms with Gasteiger partial charge in [-0.25, -0.2) is 4.98 Å². The van der Waals surface area contributed by atoms with E-state index in [1.165, 1.54) is 22.9 Å². The van der Waals surface area contributed by atoms with E-state index in [0.29, 0.717) is 16.4 Å². The van der Waals surface area contributed by atoms with Crippen LogP contribution in [-0.4, -0.2) is 30.4 Å². The molecule has 0 unspecified atom stereocenters. The van der Waals surface area contributed by atoms with Gasteiger partial charge in [-0.3, -0.25) is 4.79 Å². The Morgan fingerprint density at radius 2 is 1.64 bits per heavy atom. The Labute approximate surface area is 199 Å². The van der Waals surface area contributed by atoms with E-state index in [1.54, 1.807) is 0 Å². The van der Waals surface area contributed by atoms with Crippen molar-refractivity contribution >= 4 is 46.1 Å². The Morgan fingerprint density at radius 3 is 2.36 bits per heavy atom. The van der Waals surface area contributed by atoms with Crippen molar-refractivity contribution in [3.63, 3.8) is 0 Å². The van der Waals surface area contributed by atoms with Crippen LogP contribution in [-0.2, 0) is 4.79 Å². The van der Waals surface area contributed by atoms with Gasteiger partial charge in [-0.15, -0.1) is 0 Å². The molecule has 3 aromatic carbocycles. The first-order valence-corrected chi connectivity index (χ1v) is 12.2. The fraction of sp³-hybridized carbons (Fsp3) is 0.120. The highest BCUT2D eigenvalue weighted by atomic mass is 32.2. The minimum atomic E-state index is -0.120. The number of hydrogen-bond donors (Lipinski definition) is 2. The lowest BCUT2D eigenvalue weighted by Crippen LogP contribution is -2.14. The maximum Gasteiger partial charge on any atom is 0.234 e. The molecule has 2 N–H and O–H groups in total. The van der Waals surface area contributed by atoms with Crippen molar-refractivity contribution in [3.05, 3.63) is 77.9 Å². The quantitative estimate of drug-likeness (QED) is 0.293. The molecule has 0 radical (unpaired) electrons. The standard InChI is InChI=1S/C25H21N5OS2/c1-15-6-10-17(11-7-15)22-23(18-12-8-16(2)9-13-18)28-25(27-22)32-14-21(31)26-19-4-3-5-20-24(19)30-33-29-20/h3-13H,14H2,1-2H3,(H,26,31)(H,27,28). The molecule has 0 aliphatic rings. The number of hydrogen-bond acceptors (Lipinski definition) is 6. The summed E-state index contributed by atoms with van der Waals surface area (Å²) >= 11 is 2.51. The largest absolute Gasteiger partial charge is 0.332 e. The molecule has 33 heavy (non-hydrogen) atoms. The fourth-order valence-corrected chi connectivity index (χ4v) is 4.72. The summed E-state index contributed by atoms with van der Waals surface area (Å²) in [6.07, 6.45) is 0. The summed E-state index contributed by atoms with van der Waals surface area (Å²) in [5, 5.41) is 3.64. The third-order valence-corrected chi connectivity index (χ3v) is 6.66. The molecule has 0 aliphatic carbocycles. The van der Waals surface area contributed by atoms with E-state index in [0.717, 1.165) is 39.8 Å². The number of amides is 1. The summed E-state index contributed by atoms with van der Waals surface area (Å²) in [5.74, 6) is 0.105. The molecule has 5 aromatic rings. The van der Waals surface area contributed by atoms with Crippen molar-refractivity contribution in [2.45, 2.75) is 19.0 Å². The maximum atomic E-state index is 12.6. The molecule has 164 valence electrons. The number of carbonyl (C=O) groups is 1. The summed E-state index contributed by atoms with van der Waals surface area (Å²) in [7, 11) is 0. The highest BCUT2D eigenvalue weighted by Gasteiger charge is 2.16. The fourth-order valence-electron chi connectivity index (χ4n) is 3.50. The van der Waals surface area contributed by atoms with Crippen LogP contribution >= 0.6 is 23.5 Å². The molecule has 8 heteroatoms. The number of aromatic amines is 1. The van der Waals surface area contributed by atoms with Gasteiger partial charge in [0.25, 0.3) is 0 Å². The van der Waals surface area contributed by atoms with Crippen LogP contribution < -0.4 is 5.32 Å². The SMILES string of the molecule is Cc1ccc(-c2nc(SCC(=O)Nc3cccc4nsnc34)[nH]c2-c2ccc(C)cc2)cc1. The van der Waals surface area contributed by atoms with E-state index in [4.69, 9.17) is 4.98 Å². The zero-order valence-electron chi connectivity index (χ0n) is 18.1. The molecule has 0 saturated carbocycles. The minimum absolute atomic E-state index is 0.120. The third-order valence-electron chi connectivity index (χ3n) is 5.25. The number of thioether (sulfide) groups is 1. The molecule has 0 fully saturated rings. The number of aromatic nitrogens is 4. The monoisotopic (exact) mass is 471 g/mol. The molecule has 2 aromatic heterocycles. The first-order valence-electron chi connectivity index (χ1n) is 10.4. The van der Waals surface area contributed by atoms with Crippen LogP contribution in [0.4, 0.5) is 5.69 Å². The number of fused-ring (bicyclic) bond motifs is 1. The molecule has 1 amide bonds. The second-order valence-electron chi connectivity index (χ2n) is 7.77. The Hall–Kier alpha value is -3.49. The number of nitrogens with one attached hydrogen (secondary N) is 2. The molecule has 6 nitrogen and oxygen atoms in total. The summed E-state index contributed by atoms with van der Waals surface area (Å²) < 4.78 is 8.49. The normalized spacial score (nSPS) is 11.1. The van der Waals surface area contributed by atoms with Gasteiger partial charge in [0.1, 0.15) is 11.0 Å². The number of imidazole rings is 1. The van der Waals surface area contributed by atoms with E-state index in [2.05, 4.69) is 81.4 Å². The molecule has 0 saturated heterocycles. The van der Waals surface area contributed by atoms with Gasteiger partial charge >= 0.3 is 0 Å². The number of aryl methyl sites for hydroxylation is 2. The lowest BCUT2D eigenvalue weighted by atomic mass is 10.0. The summed E-state index contributed by atoms with van der Waals surface area (Å²) in [6.45, 7) is 4.14. The predicted molar refractivity (Wildman–Crippen MR) is 136 cm³/mol. The summed E-state index contributed by atoms with van der Waals surface area (Å²) in [6, 6.07) is 22.2. The van der Waals surface area contributed by atoms with Crippen LogP contribution in [0.15, 0.2) is 71.9 Å². The molecule has 2 heterocycles. The Morgan fingerprint density at radius 1 is 0.939 bits per heavy atom. The molecule has 0 bridgehead atoms. The number of rotatable bonds is 6. The number of benzene rings is 3. The van der Waals surface area contributed by atoms with Crippen LogP contribution in [0.5, 0.6) is 0 Å². The van der Waals surface area contributed by atoms with Gasteiger partial charge in [-0.05, 0) is 26.0 Å². The van der Waals surface area contributed by atoms with Gasteiger partial charge < -0.3 is 10.3 Å². The first kappa shape index (κ1) is 21.4. The van der Waals surface area contributed by atoms with Gasteiger partial charge in [0.15, 0.2) is 5.16 Å². The third kappa shape index (κ3) is 4.67. The van der Waals surface area contributed by atoms with Crippen LogP contribution in [0.1, 0.15) is 11.1 Å². The van der Waals surface area contributed by atoms with Crippen LogP contribution in [0.2, 0.25) is 0 Å². The molecule has 0 atom stereocenters. The molecular formula is C25H21N5OS2. The van der Waals surface area contributed by atoms with E-state index in [9.17, 15) is 4.79 Å². The average Bonchev–Trinajstić information content (AvgIpc) is 3.47. The lowest BCUT2D eigenvalue weighted by molar-refractivity contribution is -0.113. The summed E-state index contributed by atoms with van der Waals surface area (Å²) in [5.41, 5.74) is 8.47. The van der Waals surface area contributed by atoms with Gasteiger partial charge in [0, 0.05) is 11.1 Å². The van der Waals surface area contributed by atoms with Gasteiger partial charge in [-0.2, -0.15) is 8.75 Å². The Kier molecular flexibility index (Phi) is 5.93. The van der Waals surface area contributed by atoms with Crippen molar-refractivity contribution in [2.75, 3.05) is 11.1 Å². The van der Waals surface area contributed by atoms with Crippen LogP contribution in [0, 0.1) is 13.8 Å².